The monoisotopic (exact) mass is 357 g/mol. The zero-order valence-corrected chi connectivity index (χ0v) is 15.4. The van der Waals surface area contributed by atoms with Crippen LogP contribution in [0.15, 0.2) is 30.9 Å². The van der Waals surface area contributed by atoms with Crippen molar-refractivity contribution in [2.75, 3.05) is 38.1 Å². The lowest BCUT2D eigenvalue weighted by Crippen LogP contribution is -2.55. The Morgan fingerprint density at radius 3 is 3.00 bits per heavy atom. The third-order valence-corrected chi connectivity index (χ3v) is 4.94. The second-order valence-corrected chi connectivity index (χ2v) is 6.85. The molecule has 26 heavy (non-hydrogen) atoms. The number of unbranched alkanes of at least 4 members (excludes halogenated alkanes) is 1. The van der Waals surface area contributed by atoms with Gasteiger partial charge in [-0.15, -0.1) is 6.58 Å². The lowest BCUT2D eigenvalue weighted by Gasteiger charge is -2.40. The van der Waals surface area contributed by atoms with Crippen molar-refractivity contribution in [2.24, 2.45) is 0 Å². The van der Waals surface area contributed by atoms with Crippen LogP contribution in [0.3, 0.4) is 0 Å². The molecule has 2 heterocycles. The van der Waals surface area contributed by atoms with E-state index < -0.39 is 0 Å². The van der Waals surface area contributed by atoms with Crippen molar-refractivity contribution in [3.05, 3.63) is 36.4 Å². The molecule has 1 unspecified atom stereocenters. The summed E-state index contributed by atoms with van der Waals surface area (Å²) in [7, 11) is 0. The Kier molecular flexibility index (Phi) is 5.81. The molecule has 6 nitrogen and oxygen atoms in total. The second kappa shape index (κ2) is 8.25. The molecule has 1 atom stereocenters. The van der Waals surface area contributed by atoms with E-state index in [1.807, 2.05) is 41.0 Å². The first kappa shape index (κ1) is 18.3. The minimum Gasteiger partial charge on any atom is -0.490 e. The average Bonchev–Trinajstić information content (AvgIpc) is 2.67. The Hall–Kier alpha value is -2.50. The van der Waals surface area contributed by atoms with Crippen LogP contribution in [0.25, 0.3) is 0 Å². The van der Waals surface area contributed by atoms with Gasteiger partial charge in [-0.3, -0.25) is 9.59 Å². The number of allylic oxidation sites excluding steroid dienone is 1. The molecule has 6 heteroatoms. The Bertz CT molecular complexity index is 689. The molecule has 0 bridgehead atoms. The number of hydrogen-bond donors (Lipinski definition) is 1. The highest BCUT2D eigenvalue weighted by molar-refractivity contribution is 5.95. The fourth-order valence-electron chi connectivity index (χ4n) is 3.47. The number of fused-ring (bicyclic) bond motifs is 1. The van der Waals surface area contributed by atoms with E-state index in [0.29, 0.717) is 38.2 Å². The summed E-state index contributed by atoms with van der Waals surface area (Å²) in [5.74, 6) is 0.887. The van der Waals surface area contributed by atoms with Gasteiger partial charge >= 0.3 is 0 Å². The van der Waals surface area contributed by atoms with Gasteiger partial charge < -0.3 is 19.9 Å². The van der Waals surface area contributed by atoms with E-state index in [1.54, 1.807) is 0 Å². The van der Waals surface area contributed by atoms with Crippen LogP contribution in [0.4, 0.5) is 5.69 Å². The number of ether oxygens (including phenoxy) is 1. The Labute approximate surface area is 154 Å². The molecule has 0 saturated carbocycles. The number of anilines is 1. The van der Waals surface area contributed by atoms with Gasteiger partial charge in [-0.05, 0) is 38.0 Å². The fraction of sp³-hybridized carbons (Fsp3) is 0.500. The number of amides is 2. The van der Waals surface area contributed by atoms with Crippen LogP contribution in [-0.4, -0.2) is 60.4 Å². The van der Waals surface area contributed by atoms with Crippen LogP contribution < -0.4 is 10.1 Å². The minimum atomic E-state index is -0.00627. The molecule has 3 rings (SSSR count). The molecule has 2 aliphatic heterocycles. The Balaban J connectivity index is 1.61. The van der Waals surface area contributed by atoms with Crippen molar-refractivity contribution in [3.8, 4) is 5.75 Å². The van der Waals surface area contributed by atoms with Crippen LogP contribution >= 0.6 is 0 Å². The molecule has 2 aliphatic rings. The molecular formula is C20H27N3O3. The Morgan fingerprint density at radius 1 is 1.38 bits per heavy atom. The molecule has 1 fully saturated rings. The first-order valence-corrected chi connectivity index (χ1v) is 9.30. The number of benzene rings is 1. The van der Waals surface area contributed by atoms with E-state index in [1.165, 1.54) is 0 Å². The van der Waals surface area contributed by atoms with Crippen LogP contribution in [0.2, 0.25) is 0 Å². The number of carbonyl (C=O) groups excluding carboxylic acids is 2. The highest BCUT2D eigenvalue weighted by Crippen LogP contribution is 2.29. The SMILES string of the molecule is C=CCCCC(=O)N1CCN(C(=O)c2ccc3c(c2)OCCN3)C(C)C1. The maximum absolute atomic E-state index is 12.9. The molecule has 2 amide bonds. The van der Waals surface area contributed by atoms with Crippen molar-refractivity contribution < 1.29 is 14.3 Å². The number of carbonyl (C=O) groups is 2. The van der Waals surface area contributed by atoms with Crippen LogP contribution in [0, 0.1) is 0 Å². The molecule has 140 valence electrons. The topological polar surface area (TPSA) is 61.9 Å². The van der Waals surface area contributed by atoms with E-state index in [-0.39, 0.29) is 17.9 Å². The van der Waals surface area contributed by atoms with E-state index >= 15 is 0 Å². The zero-order chi connectivity index (χ0) is 18.5. The molecule has 1 aromatic rings. The number of nitrogens with one attached hydrogen (secondary N) is 1. The van der Waals surface area contributed by atoms with E-state index in [0.717, 1.165) is 30.8 Å². The van der Waals surface area contributed by atoms with E-state index in [9.17, 15) is 9.59 Å². The standard InChI is InChI=1S/C20H27N3O3/c1-3-4-5-6-19(24)22-10-11-23(15(2)14-22)20(25)16-7-8-17-18(13-16)26-12-9-21-17/h3,7-8,13,15,21H,1,4-6,9-12,14H2,2H3. The van der Waals surface area contributed by atoms with Crippen LogP contribution in [0.5, 0.6) is 5.75 Å². The summed E-state index contributed by atoms with van der Waals surface area (Å²) in [6, 6.07) is 5.53. The van der Waals surface area contributed by atoms with Crippen molar-refractivity contribution in [2.45, 2.75) is 32.2 Å². The van der Waals surface area contributed by atoms with Crippen molar-refractivity contribution in [3.63, 3.8) is 0 Å². The van der Waals surface area contributed by atoms with Crippen molar-refractivity contribution in [1.82, 2.24) is 9.80 Å². The summed E-state index contributed by atoms with van der Waals surface area (Å²) < 4.78 is 5.63. The maximum Gasteiger partial charge on any atom is 0.254 e. The summed E-state index contributed by atoms with van der Waals surface area (Å²) in [5, 5.41) is 3.26. The number of hydrogen-bond acceptors (Lipinski definition) is 4. The molecular weight excluding hydrogens is 330 g/mol. The minimum absolute atomic E-state index is 0.00493. The highest BCUT2D eigenvalue weighted by atomic mass is 16.5. The van der Waals surface area contributed by atoms with Gasteiger partial charge in [0.1, 0.15) is 12.4 Å². The summed E-state index contributed by atoms with van der Waals surface area (Å²) in [4.78, 5) is 28.9. The van der Waals surface area contributed by atoms with Crippen molar-refractivity contribution in [1.29, 1.82) is 0 Å². The average molecular weight is 357 g/mol. The molecule has 1 aromatic carbocycles. The van der Waals surface area contributed by atoms with E-state index in [2.05, 4.69) is 11.9 Å². The zero-order valence-electron chi connectivity index (χ0n) is 15.4. The fourth-order valence-corrected chi connectivity index (χ4v) is 3.47. The number of rotatable bonds is 5. The normalized spacial score (nSPS) is 19.2. The molecule has 0 radical (unpaired) electrons. The second-order valence-electron chi connectivity index (χ2n) is 6.85. The van der Waals surface area contributed by atoms with Gasteiger partial charge in [-0.1, -0.05) is 6.08 Å². The van der Waals surface area contributed by atoms with E-state index in [4.69, 9.17) is 4.74 Å². The van der Waals surface area contributed by atoms with Gasteiger partial charge in [0.25, 0.3) is 5.91 Å². The summed E-state index contributed by atoms with van der Waals surface area (Å²) in [5.41, 5.74) is 1.56. The third-order valence-electron chi connectivity index (χ3n) is 4.94. The number of nitrogens with zero attached hydrogens (tertiary/aromatic N) is 2. The molecule has 0 aromatic heterocycles. The van der Waals surface area contributed by atoms with Crippen molar-refractivity contribution >= 4 is 17.5 Å². The molecule has 0 spiro atoms. The third kappa shape index (κ3) is 4.00. The van der Waals surface area contributed by atoms with Gasteiger partial charge in [0.05, 0.1) is 5.69 Å². The van der Waals surface area contributed by atoms with Gasteiger partial charge in [-0.2, -0.15) is 0 Å². The maximum atomic E-state index is 12.9. The quantitative estimate of drug-likeness (QED) is 0.650. The molecule has 0 aliphatic carbocycles. The van der Waals surface area contributed by atoms with Gasteiger partial charge in [-0.25, -0.2) is 0 Å². The summed E-state index contributed by atoms with van der Waals surface area (Å²) >= 11 is 0. The van der Waals surface area contributed by atoms with Crippen LogP contribution in [0.1, 0.15) is 36.5 Å². The van der Waals surface area contributed by atoms with Gasteiger partial charge in [0.2, 0.25) is 5.91 Å². The largest absolute Gasteiger partial charge is 0.490 e. The van der Waals surface area contributed by atoms with Gasteiger partial charge in [0, 0.05) is 44.2 Å². The lowest BCUT2D eigenvalue weighted by molar-refractivity contribution is -0.133. The predicted octanol–water partition coefficient (Wildman–Crippen LogP) is 2.52. The van der Waals surface area contributed by atoms with Gasteiger partial charge in [0.15, 0.2) is 0 Å². The van der Waals surface area contributed by atoms with Crippen LogP contribution in [-0.2, 0) is 4.79 Å². The predicted molar refractivity (Wildman–Crippen MR) is 102 cm³/mol. The lowest BCUT2D eigenvalue weighted by atomic mass is 10.1. The number of piperazine rings is 1. The Morgan fingerprint density at radius 2 is 2.23 bits per heavy atom. The first-order valence-electron chi connectivity index (χ1n) is 9.30. The molecule has 1 N–H and O–H groups in total. The summed E-state index contributed by atoms with van der Waals surface area (Å²) in [6.45, 7) is 8.80. The summed E-state index contributed by atoms with van der Waals surface area (Å²) in [6.07, 6.45) is 4.07. The highest BCUT2D eigenvalue weighted by Gasteiger charge is 2.30. The smallest absolute Gasteiger partial charge is 0.254 e. The molecule has 1 saturated heterocycles. The first-order chi connectivity index (χ1) is 12.6.